The molecule has 3 rings (SSSR count). The van der Waals surface area contributed by atoms with E-state index in [4.69, 9.17) is 5.73 Å². The van der Waals surface area contributed by atoms with E-state index in [2.05, 4.69) is 11.8 Å². The first kappa shape index (κ1) is 11.0. The summed E-state index contributed by atoms with van der Waals surface area (Å²) in [5.74, 6) is 1.82. The Bertz CT molecular complexity index is 257. The van der Waals surface area contributed by atoms with Gasteiger partial charge in [0.05, 0.1) is 0 Å². The largest absolute Gasteiger partial charge is 0.324 e. The fraction of sp³-hybridized carbons (Fsp3) is 1.00. The summed E-state index contributed by atoms with van der Waals surface area (Å²) in [5.41, 5.74) is 6.58. The predicted molar refractivity (Wildman–Crippen MR) is 67.3 cm³/mol. The van der Waals surface area contributed by atoms with Crippen molar-refractivity contribution in [1.29, 1.82) is 0 Å². The van der Waals surface area contributed by atoms with E-state index in [0.29, 0.717) is 0 Å². The second kappa shape index (κ2) is 3.99. The highest BCUT2D eigenvalue weighted by Crippen LogP contribution is 2.41. The Kier molecular flexibility index (Phi) is 2.75. The van der Waals surface area contributed by atoms with Crippen LogP contribution in [-0.2, 0) is 0 Å². The monoisotopic (exact) mass is 222 g/mol. The minimum atomic E-state index is 0.0878. The van der Waals surface area contributed by atoms with Crippen LogP contribution >= 0.6 is 0 Å². The van der Waals surface area contributed by atoms with Crippen LogP contribution in [0.4, 0.5) is 0 Å². The fourth-order valence-corrected chi connectivity index (χ4v) is 4.06. The molecule has 0 bridgehead atoms. The van der Waals surface area contributed by atoms with Crippen LogP contribution in [0.2, 0.25) is 0 Å². The maximum Gasteiger partial charge on any atom is 0.0283 e. The normalized spacial score (nSPS) is 39.4. The zero-order chi connectivity index (χ0) is 11.2. The van der Waals surface area contributed by atoms with Gasteiger partial charge in [-0.2, -0.15) is 0 Å². The SMILES string of the molecule is CC(N)(CN1CCCC2CCCC21)C1CC1. The van der Waals surface area contributed by atoms with E-state index in [1.54, 1.807) is 0 Å². The molecule has 2 heteroatoms. The zero-order valence-electron chi connectivity index (χ0n) is 10.6. The van der Waals surface area contributed by atoms with E-state index in [-0.39, 0.29) is 5.54 Å². The smallest absolute Gasteiger partial charge is 0.0283 e. The Morgan fingerprint density at radius 3 is 2.62 bits per heavy atom. The van der Waals surface area contributed by atoms with Crippen molar-refractivity contribution in [1.82, 2.24) is 4.90 Å². The van der Waals surface area contributed by atoms with Crippen LogP contribution < -0.4 is 5.73 Å². The number of fused-ring (bicyclic) bond motifs is 1. The minimum Gasteiger partial charge on any atom is -0.324 e. The van der Waals surface area contributed by atoms with E-state index < -0.39 is 0 Å². The third-order valence-electron chi connectivity index (χ3n) is 5.16. The maximum absolute atomic E-state index is 6.49. The molecule has 2 nitrogen and oxygen atoms in total. The summed E-state index contributed by atoms with van der Waals surface area (Å²) in [4.78, 5) is 2.74. The molecule has 3 fully saturated rings. The van der Waals surface area contributed by atoms with Crippen molar-refractivity contribution in [3.63, 3.8) is 0 Å². The standard InChI is InChI=1S/C14H26N2/c1-14(15,12-7-8-12)10-16-9-3-5-11-4-2-6-13(11)16/h11-13H,2-10,15H2,1H3. The van der Waals surface area contributed by atoms with Gasteiger partial charge < -0.3 is 5.73 Å². The van der Waals surface area contributed by atoms with Crippen LogP contribution in [-0.4, -0.2) is 29.6 Å². The van der Waals surface area contributed by atoms with E-state index in [0.717, 1.165) is 24.4 Å². The first-order valence-electron chi connectivity index (χ1n) is 7.20. The molecule has 1 aliphatic heterocycles. The average Bonchev–Trinajstić information content (AvgIpc) is 2.98. The number of hydrogen-bond acceptors (Lipinski definition) is 2. The molecule has 2 aliphatic carbocycles. The summed E-state index contributed by atoms with van der Waals surface area (Å²) in [6, 6.07) is 0.885. The quantitative estimate of drug-likeness (QED) is 0.794. The molecule has 1 heterocycles. The summed E-state index contributed by atoms with van der Waals surface area (Å²) >= 11 is 0. The predicted octanol–water partition coefficient (Wildman–Crippen LogP) is 2.38. The summed E-state index contributed by atoms with van der Waals surface area (Å²) in [6.07, 6.45) is 9.99. The summed E-state index contributed by atoms with van der Waals surface area (Å²) in [7, 11) is 0. The molecular weight excluding hydrogens is 196 g/mol. The minimum absolute atomic E-state index is 0.0878. The Morgan fingerprint density at radius 2 is 1.88 bits per heavy atom. The number of hydrogen-bond donors (Lipinski definition) is 1. The second-order valence-corrected chi connectivity index (χ2v) is 6.65. The average molecular weight is 222 g/mol. The van der Waals surface area contributed by atoms with Gasteiger partial charge in [0.25, 0.3) is 0 Å². The number of rotatable bonds is 3. The van der Waals surface area contributed by atoms with Crippen molar-refractivity contribution in [2.75, 3.05) is 13.1 Å². The van der Waals surface area contributed by atoms with Crippen LogP contribution in [0.3, 0.4) is 0 Å². The van der Waals surface area contributed by atoms with Gasteiger partial charge in [0.15, 0.2) is 0 Å². The Balaban J connectivity index is 1.64. The molecule has 3 atom stereocenters. The lowest BCUT2D eigenvalue weighted by molar-refractivity contribution is 0.0845. The Morgan fingerprint density at radius 1 is 1.12 bits per heavy atom. The van der Waals surface area contributed by atoms with Crippen LogP contribution in [0.25, 0.3) is 0 Å². The molecule has 0 amide bonds. The molecule has 0 spiro atoms. The molecule has 2 N–H and O–H groups in total. The molecule has 16 heavy (non-hydrogen) atoms. The highest BCUT2D eigenvalue weighted by molar-refractivity contribution is 5.00. The van der Waals surface area contributed by atoms with E-state index in [1.807, 2.05) is 0 Å². The molecule has 2 saturated carbocycles. The number of piperidine rings is 1. The molecule has 92 valence electrons. The van der Waals surface area contributed by atoms with Crippen LogP contribution in [0.1, 0.15) is 51.9 Å². The molecule has 0 radical (unpaired) electrons. The molecule has 0 aromatic carbocycles. The van der Waals surface area contributed by atoms with Gasteiger partial charge in [-0.15, -0.1) is 0 Å². The van der Waals surface area contributed by atoms with Gasteiger partial charge >= 0.3 is 0 Å². The summed E-state index contributed by atoms with van der Waals surface area (Å²) in [6.45, 7) is 4.74. The fourth-order valence-electron chi connectivity index (χ4n) is 4.06. The highest BCUT2D eigenvalue weighted by atomic mass is 15.2. The van der Waals surface area contributed by atoms with Gasteiger partial charge in [0.2, 0.25) is 0 Å². The number of nitrogens with two attached hydrogens (primary N) is 1. The first-order valence-corrected chi connectivity index (χ1v) is 7.20. The molecule has 3 unspecified atom stereocenters. The topological polar surface area (TPSA) is 29.3 Å². The summed E-state index contributed by atoms with van der Waals surface area (Å²) in [5, 5.41) is 0. The van der Waals surface area contributed by atoms with Crippen molar-refractivity contribution >= 4 is 0 Å². The molecule has 1 saturated heterocycles. The van der Waals surface area contributed by atoms with Gasteiger partial charge in [-0.1, -0.05) is 6.42 Å². The molecule has 0 aromatic rings. The maximum atomic E-state index is 6.49. The van der Waals surface area contributed by atoms with E-state index in [9.17, 15) is 0 Å². The van der Waals surface area contributed by atoms with Gasteiger partial charge in [0, 0.05) is 18.1 Å². The third kappa shape index (κ3) is 2.02. The van der Waals surface area contributed by atoms with Crippen molar-refractivity contribution in [3.05, 3.63) is 0 Å². The highest BCUT2D eigenvalue weighted by Gasteiger charge is 2.43. The lowest BCUT2D eigenvalue weighted by atomic mass is 9.89. The van der Waals surface area contributed by atoms with Crippen molar-refractivity contribution in [2.45, 2.75) is 63.5 Å². The van der Waals surface area contributed by atoms with Gasteiger partial charge in [-0.05, 0) is 63.8 Å². The van der Waals surface area contributed by atoms with Gasteiger partial charge in [-0.3, -0.25) is 4.90 Å². The molecule has 3 aliphatic rings. The number of nitrogens with zero attached hydrogens (tertiary/aromatic N) is 1. The van der Waals surface area contributed by atoms with E-state index >= 15 is 0 Å². The van der Waals surface area contributed by atoms with Crippen LogP contribution in [0, 0.1) is 11.8 Å². The molecule has 0 aromatic heterocycles. The van der Waals surface area contributed by atoms with Gasteiger partial charge in [-0.25, -0.2) is 0 Å². The Hall–Kier alpha value is -0.0800. The summed E-state index contributed by atoms with van der Waals surface area (Å²) < 4.78 is 0. The van der Waals surface area contributed by atoms with E-state index in [1.165, 1.54) is 51.5 Å². The second-order valence-electron chi connectivity index (χ2n) is 6.65. The van der Waals surface area contributed by atoms with Crippen molar-refractivity contribution < 1.29 is 0 Å². The van der Waals surface area contributed by atoms with Crippen molar-refractivity contribution in [2.24, 2.45) is 17.6 Å². The van der Waals surface area contributed by atoms with Crippen LogP contribution in [0.15, 0.2) is 0 Å². The Labute approximate surface area is 99.6 Å². The van der Waals surface area contributed by atoms with Crippen molar-refractivity contribution in [3.8, 4) is 0 Å². The number of likely N-dealkylation sites (tertiary alicyclic amines) is 1. The first-order chi connectivity index (χ1) is 7.67. The van der Waals surface area contributed by atoms with Gasteiger partial charge in [0.1, 0.15) is 0 Å². The van der Waals surface area contributed by atoms with Crippen LogP contribution in [0.5, 0.6) is 0 Å². The molecular formula is C14H26N2. The zero-order valence-corrected chi connectivity index (χ0v) is 10.6. The lowest BCUT2D eigenvalue weighted by Crippen LogP contribution is -2.54. The third-order valence-corrected chi connectivity index (χ3v) is 5.16. The lowest BCUT2D eigenvalue weighted by Gasteiger charge is -2.42.